The van der Waals surface area contributed by atoms with Crippen LogP contribution in [0.15, 0.2) is 42.5 Å². The van der Waals surface area contributed by atoms with Crippen LogP contribution in [0.5, 0.6) is 0 Å². The van der Waals surface area contributed by atoms with Gasteiger partial charge in [-0.3, -0.25) is 0 Å². The summed E-state index contributed by atoms with van der Waals surface area (Å²) in [5.41, 5.74) is 4.97. The maximum absolute atomic E-state index is 2.59. The predicted octanol–water partition coefficient (Wildman–Crippen LogP) is 10.3. The van der Waals surface area contributed by atoms with E-state index in [0.29, 0.717) is 0 Å². The summed E-state index contributed by atoms with van der Waals surface area (Å²) < 4.78 is 0. The highest BCUT2D eigenvalue weighted by Crippen LogP contribution is 2.62. The van der Waals surface area contributed by atoms with Crippen molar-refractivity contribution in [2.45, 2.75) is 104 Å². The number of rotatable bonds is 7. The highest BCUT2D eigenvalue weighted by Gasteiger charge is 2.49. The van der Waals surface area contributed by atoms with E-state index in [1.54, 1.807) is 20.9 Å². The smallest absolute Gasteiger partial charge is 0.0493 e. The van der Waals surface area contributed by atoms with Gasteiger partial charge in [-0.15, -0.1) is 22.7 Å². The lowest BCUT2D eigenvalue weighted by atomic mass is 9.66. The molecule has 1 atom stereocenters. The summed E-state index contributed by atoms with van der Waals surface area (Å²) in [6, 6.07) is 16.6. The van der Waals surface area contributed by atoms with E-state index < -0.39 is 0 Å². The van der Waals surface area contributed by atoms with Gasteiger partial charge in [-0.25, -0.2) is 0 Å². The first-order chi connectivity index (χ1) is 15.5. The Morgan fingerprint density at radius 1 is 0.788 bits per heavy atom. The zero-order chi connectivity index (χ0) is 24.0. The van der Waals surface area contributed by atoms with Crippen LogP contribution in [0, 0.1) is 5.92 Å². The van der Waals surface area contributed by atoms with Crippen molar-refractivity contribution in [1.29, 1.82) is 0 Å². The van der Waals surface area contributed by atoms with Crippen molar-refractivity contribution in [2.24, 2.45) is 5.92 Å². The van der Waals surface area contributed by atoms with Crippen LogP contribution in [0.3, 0.4) is 0 Å². The number of hydrogen-bond acceptors (Lipinski definition) is 2. The van der Waals surface area contributed by atoms with Crippen LogP contribution in [0.1, 0.15) is 114 Å². The molecule has 178 valence electrons. The fraction of sp³-hybridized carbons (Fsp3) is 0.548. The Morgan fingerprint density at radius 3 is 1.73 bits per heavy atom. The number of unbranched alkanes of at least 4 members (excludes halogenated alkanes) is 1. The third-order valence-electron chi connectivity index (χ3n) is 7.47. The summed E-state index contributed by atoms with van der Waals surface area (Å²) in [7, 11) is 0. The second kappa shape index (κ2) is 9.00. The summed E-state index contributed by atoms with van der Waals surface area (Å²) in [4.78, 5) is 6.13. The lowest BCUT2D eigenvalue weighted by Crippen LogP contribution is -2.30. The summed E-state index contributed by atoms with van der Waals surface area (Å²) in [6.07, 6.45) is 6.42. The average Bonchev–Trinajstić information content (AvgIpc) is 3.44. The van der Waals surface area contributed by atoms with Gasteiger partial charge in [0.25, 0.3) is 0 Å². The SMILES string of the molecule is CCCCC(CC)CC1(c2ccccc2)c2cc(C(C)(C)C)sc2-c2sc(C(C)(C)C)cc21. The third-order valence-corrected chi connectivity index (χ3v) is 10.8. The quantitative estimate of drug-likeness (QED) is 0.317. The molecule has 2 heterocycles. The molecule has 0 saturated heterocycles. The zero-order valence-corrected chi connectivity index (χ0v) is 23.6. The Morgan fingerprint density at radius 2 is 1.30 bits per heavy atom. The van der Waals surface area contributed by atoms with Crippen LogP contribution in [-0.2, 0) is 16.2 Å². The Bertz CT molecular complexity index is 1020. The largest absolute Gasteiger partial charge is 0.139 e. The van der Waals surface area contributed by atoms with Gasteiger partial charge in [-0.2, -0.15) is 0 Å². The summed E-state index contributed by atoms with van der Waals surface area (Å²) in [5.74, 6) is 0.736. The molecule has 0 fully saturated rings. The van der Waals surface area contributed by atoms with Crippen LogP contribution in [-0.4, -0.2) is 0 Å². The maximum Gasteiger partial charge on any atom is 0.0493 e. The first-order valence-corrected chi connectivity index (χ1v) is 14.5. The molecule has 0 bridgehead atoms. The number of fused-ring (bicyclic) bond motifs is 3. The van der Waals surface area contributed by atoms with Gasteiger partial charge in [0.1, 0.15) is 0 Å². The van der Waals surface area contributed by atoms with Crippen molar-refractivity contribution in [3.63, 3.8) is 0 Å². The predicted molar refractivity (Wildman–Crippen MR) is 149 cm³/mol. The summed E-state index contributed by atoms with van der Waals surface area (Å²) in [5, 5.41) is 0. The molecule has 0 spiro atoms. The number of hydrogen-bond donors (Lipinski definition) is 0. The molecular formula is C31H42S2. The molecule has 2 aromatic heterocycles. The second-order valence-electron chi connectivity index (χ2n) is 12.1. The molecule has 0 aliphatic heterocycles. The van der Waals surface area contributed by atoms with Gasteiger partial charge in [0.05, 0.1) is 0 Å². The molecule has 0 saturated carbocycles. The maximum atomic E-state index is 2.59. The molecule has 1 aliphatic rings. The molecule has 1 unspecified atom stereocenters. The molecule has 0 N–H and O–H groups in total. The summed E-state index contributed by atoms with van der Waals surface area (Å²) in [6.45, 7) is 18.9. The molecule has 3 aromatic rings. The van der Waals surface area contributed by atoms with E-state index in [9.17, 15) is 0 Å². The molecular weight excluding hydrogens is 436 g/mol. The minimum absolute atomic E-state index is 0.0274. The van der Waals surface area contributed by atoms with Gasteiger partial charge < -0.3 is 0 Å². The fourth-order valence-corrected chi connectivity index (χ4v) is 8.13. The fourth-order valence-electron chi connectivity index (χ4n) is 5.39. The normalized spacial score (nSPS) is 16.0. The van der Waals surface area contributed by atoms with Crippen LogP contribution >= 0.6 is 22.7 Å². The van der Waals surface area contributed by atoms with Crippen LogP contribution < -0.4 is 0 Å². The molecule has 1 aliphatic carbocycles. The van der Waals surface area contributed by atoms with Gasteiger partial charge in [-0.05, 0) is 52.0 Å². The van der Waals surface area contributed by atoms with E-state index in [1.807, 2.05) is 0 Å². The number of benzene rings is 1. The lowest BCUT2D eigenvalue weighted by molar-refractivity contribution is 0.363. The first-order valence-electron chi connectivity index (χ1n) is 12.9. The van der Waals surface area contributed by atoms with Crippen LogP contribution in [0.2, 0.25) is 0 Å². The van der Waals surface area contributed by atoms with Gasteiger partial charge in [-0.1, -0.05) is 111 Å². The minimum Gasteiger partial charge on any atom is -0.139 e. The standard InChI is InChI=1S/C31H42S2/c1-9-11-15-21(10-2)20-31(22-16-13-12-14-17-22)23-18-25(29(3,4)5)32-27(23)28-24(31)19-26(33-28)30(6,7)8/h12-14,16-19,21H,9-11,15,20H2,1-8H3. The van der Waals surface area contributed by atoms with Crippen molar-refractivity contribution in [3.05, 3.63) is 68.9 Å². The monoisotopic (exact) mass is 478 g/mol. The Hall–Kier alpha value is -1.38. The van der Waals surface area contributed by atoms with E-state index in [0.717, 1.165) is 5.92 Å². The van der Waals surface area contributed by atoms with Crippen LogP contribution in [0.4, 0.5) is 0 Å². The summed E-state index contributed by atoms with van der Waals surface area (Å²) >= 11 is 4.11. The van der Waals surface area contributed by atoms with Gasteiger partial charge in [0, 0.05) is 24.9 Å². The average molecular weight is 479 g/mol. The van der Waals surface area contributed by atoms with E-state index in [4.69, 9.17) is 0 Å². The highest BCUT2D eigenvalue weighted by atomic mass is 32.1. The molecule has 0 radical (unpaired) electrons. The van der Waals surface area contributed by atoms with E-state index in [-0.39, 0.29) is 16.2 Å². The molecule has 4 rings (SSSR count). The zero-order valence-electron chi connectivity index (χ0n) is 22.0. The molecule has 0 nitrogen and oxygen atoms in total. The molecule has 0 amide bonds. The van der Waals surface area contributed by atoms with Crippen LogP contribution in [0.25, 0.3) is 9.75 Å². The lowest BCUT2D eigenvalue weighted by Gasteiger charge is -2.35. The van der Waals surface area contributed by atoms with Crippen molar-refractivity contribution in [1.82, 2.24) is 0 Å². The van der Waals surface area contributed by atoms with E-state index in [1.165, 1.54) is 47.4 Å². The second-order valence-corrected chi connectivity index (χ2v) is 14.2. The molecule has 33 heavy (non-hydrogen) atoms. The van der Waals surface area contributed by atoms with Crippen molar-refractivity contribution in [3.8, 4) is 9.75 Å². The topological polar surface area (TPSA) is 0 Å². The Kier molecular flexibility index (Phi) is 6.75. The van der Waals surface area contributed by atoms with Gasteiger partial charge in [0.15, 0.2) is 0 Å². The van der Waals surface area contributed by atoms with Crippen molar-refractivity contribution < 1.29 is 0 Å². The minimum atomic E-state index is -0.0274. The van der Waals surface area contributed by atoms with Crippen molar-refractivity contribution >= 4 is 22.7 Å². The van der Waals surface area contributed by atoms with Crippen molar-refractivity contribution in [2.75, 3.05) is 0 Å². The first kappa shape index (κ1) is 24.7. The third kappa shape index (κ3) is 4.39. The van der Waals surface area contributed by atoms with Gasteiger partial charge >= 0.3 is 0 Å². The Balaban J connectivity index is 2.01. The highest BCUT2D eigenvalue weighted by molar-refractivity contribution is 7.23. The van der Waals surface area contributed by atoms with Gasteiger partial charge in [0.2, 0.25) is 0 Å². The molecule has 2 heteroatoms. The van der Waals surface area contributed by atoms with E-state index in [2.05, 4.69) is 121 Å². The number of thiophene rings is 2. The molecule has 1 aromatic carbocycles. The van der Waals surface area contributed by atoms with E-state index >= 15 is 0 Å². The Labute approximate surface area is 210 Å².